The molecule has 4 rings (SSSR count). The average molecular weight is 344 g/mol. The monoisotopic (exact) mass is 344 g/mol. The first-order chi connectivity index (χ1) is 12.6. The van der Waals surface area contributed by atoms with Crippen molar-refractivity contribution >= 4 is 17.6 Å². The predicted octanol–water partition coefficient (Wildman–Crippen LogP) is 3.46. The lowest BCUT2D eigenvalue weighted by molar-refractivity contribution is 0.0990. The molecule has 0 saturated carbocycles. The van der Waals surface area contributed by atoms with Crippen LogP contribution in [0.25, 0.3) is 6.08 Å². The van der Waals surface area contributed by atoms with Crippen molar-refractivity contribution in [3.63, 3.8) is 0 Å². The van der Waals surface area contributed by atoms with E-state index >= 15 is 0 Å². The summed E-state index contributed by atoms with van der Waals surface area (Å²) in [5.41, 5.74) is 1.92. The lowest BCUT2D eigenvalue weighted by Gasteiger charge is -2.06. The van der Waals surface area contributed by atoms with Crippen molar-refractivity contribution in [2.24, 2.45) is 7.05 Å². The van der Waals surface area contributed by atoms with E-state index in [0.717, 1.165) is 11.4 Å². The number of aryl methyl sites for hydroxylation is 1. The molecule has 0 unspecified atom stereocenters. The molecule has 3 aromatic rings. The fourth-order valence-electron chi connectivity index (χ4n) is 2.91. The SMILES string of the molecule is Cn1ccnc1COc1ccc(C=C2C(=O)c3ccccc3C2=O)cc1. The largest absolute Gasteiger partial charge is 0.486 e. The molecule has 0 aliphatic heterocycles. The Morgan fingerprint density at radius 3 is 2.23 bits per heavy atom. The van der Waals surface area contributed by atoms with Gasteiger partial charge in [-0.15, -0.1) is 0 Å². The molecule has 5 heteroatoms. The van der Waals surface area contributed by atoms with Gasteiger partial charge in [0.15, 0.2) is 11.6 Å². The Bertz CT molecular complexity index is 992. The zero-order valence-corrected chi connectivity index (χ0v) is 14.2. The highest BCUT2D eigenvalue weighted by atomic mass is 16.5. The van der Waals surface area contributed by atoms with Crippen LogP contribution in [0.3, 0.4) is 0 Å². The molecule has 1 aliphatic rings. The third kappa shape index (κ3) is 2.84. The fraction of sp³-hybridized carbons (Fsp3) is 0.0952. The van der Waals surface area contributed by atoms with E-state index in [1.54, 1.807) is 36.5 Å². The van der Waals surface area contributed by atoms with Crippen LogP contribution in [-0.2, 0) is 13.7 Å². The van der Waals surface area contributed by atoms with Crippen LogP contribution in [0.5, 0.6) is 5.75 Å². The van der Waals surface area contributed by atoms with Gasteiger partial charge < -0.3 is 9.30 Å². The number of carbonyl (C=O) groups is 2. The maximum absolute atomic E-state index is 12.4. The van der Waals surface area contributed by atoms with Gasteiger partial charge in [0, 0.05) is 30.6 Å². The molecule has 0 amide bonds. The minimum Gasteiger partial charge on any atom is -0.486 e. The Kier molecular flexibility index (Phi) is 3.97. The van der Waals surface area contributed by atoms with Crippen molar-refractivity contribution in [3.8, 4) is 5.75 Å². The van der Waals surface area contributed by atoms with E-state index in [-0.39, 0.29) is 17.1 Å². The number of Topliss-reactive ketones (excluding diaryl/α,β-unsaturated/α-hetero) is 2. The lowest BCUT2D eigenvalue weighted by atomic mass is 10.1. The topological polar surface area (TPSA) is 61.2 Å². The van der Waals surface area contributed by atoms with Crippen LogP contribution in [0, 0.1) is 0 Å². The van der Waals surface area contributed by atoms with Gasteiger partial charge in [-0.25, -0.2) is 4.98 Å². The molecule has 0 spiro atoms. The third-order valence-corrected chi connectivity index (χ3v) is 4.39. The Morgan fingerprint density at radius 2 is 1.65 bits per heavy atom. The number of nitrogens with zero attached hydrogens (tertiary/aromatic N) is 2. The summed E-state index contributed by atoms with van der Waals surface area (Å²) >= 11 is 0. The van der Waals surface area contributed by atoms with Gasteiger partial charge in [-0.1, -0.05) is 36.4 Å². The molecule has 2 aromatic carbocycles. The summed E-state index contributed by atoms with van der Waals surface area (Å²) in [6.45, 7) is 0.371. The number of ketones is 2. The molecular formula is C21H16N2O3. The molecule has 0 saturated heterocycles. The van der Waals surface area contributed by atoms with Crippen LogP contribution in [0.15, 0.2) is 66.5 Å². The summed E-state index contributed by atoms with van der Waals surface area (Å²) in [7, 11) is 1.91. The van der Waals surface area contributed by atoms with Gasteiger partial charge in [0.05, 0.1) is 5.57 Å². The summed E-state index contributed by atoms with van der Waals surface area (Å²) in [5.74, 6) is 1.08. The molecule has 26 heavy (non-hydrogen) atoms. The zero-order valence-electron chi connectivity index (χ0n) is 14.2. The second-order valence-corrected chi connectivity index (χ2v) is 6.07. The molecule has 0 N–H and O–H groups in total. The van der Waals surface area contributed by atoms with Crippen LogP contribution in [0.2, 0.25) is 0 Å². The van der Waals surface area contributed by atoms with Gasteiger partial charge in [0.25, 0.3) is 0 Å². The summed E-state index contributed by atoms with van der Waals surface area (Å²) in [6, 6.07) is 14.2. The second kappa shape index (κ2) is 6.44. The van der Waals surface area contributed by atoms with Gasteiger partial charge in [-0.2, -0.15) is 0 Å². The van der Waals surface area contributed by atoms with Gasteiger partial charge in [-0.3, -0.25) is 9.59 Å². The van der Waals surface area contributed by atoms with E-state index < -0.39 is 0 Å². The molecule has 1 aromatic heterocycles. The van der Waals surface area contributed by atoms with Gasteiger partial charge in [0.1, 0.15) is 18.2 Å². The van der Waals surface area contributed by atoms with Crippen LogP contribution >= 0.6 is 0 Å². The number of aromatic nitrogens is 2. The van der Waals surface area contributed by atoms with Crippen LogP contribution in [-0.4, -0.2) is 21.1 Å². The van der Waals surface area contributed by atoms with Crippen molar-refractivity contribution in [2.75, 3.05) is 0 Å². The summed E-state index contributed by atoms with van der Waals surface area (Å²) in [4.78, 5) is 29.0. The van der Waals surface area contributed by atoms with Crippen molar-refractivity contribution in [3.05, 3.63) is 89.0 Å². The van der Waals surface area contributed by atoms with Gasteiger partial charge >= 0.3 is 0 Å². The van der Waals surface area contributed by atoms with E-state index in [9.17, 15) is 9.59 Å². The standard InChI is InChI=1S/C21H16N2O3/c1-23-11-10-22-19(23)13-26-15-8-6-14(7-9-15)12-18-20(24)16-4-2-3-5-17(16)21(18)25/h2-12H,13H2,1H3. The fourth-order valence-corrected chi connectivity index (χ4v) is 2.91. The van der Waals surface area contributed by atoms with Crippen molar-refractivity contribution in [1.82, 2.24) is 9.55 Å². The molecule has 1 aliphatic carbocycles. The number of hydrogen-bond donors (Lipinski definition) is 0. The summed E-state index contributed by atoms with van der Waals surface area (Å²) in [5, 5.41) is 0. The molecule has 0 atom stereocenters. The van der Waals surface area contributed by atoms with Crippen LogP contribution in [0.1, 0.15) is 32.1 Å². The molecule has 1 heterocycles. The summed E-state index contributed by atoms with van der Waals surface area (Å²) < 4.78 is 7.61. The van der Waals surface area contributed by atoms with Crippen LogP contribution in [0.4, 0.5) is 0 Å². The average Bonchev–Trinajstić information content (AvgIpc) is 3.18. The minimum absolute atomic E-state index is 0.202. The Balaban J connectivity index is 1.51. The Hall–Kier alpha value is -3.47. The number of fused-ring (bicyclic) bond motifs is 1. The first-order valence-corrected chi connectivity index (χ1v) is 8.22. The molecule has 0 radical (unpaired) electrons. The number of carbonyl (C=O) groups excluding carboxylic acids is 2. The molecule has 5 nitrogen and oxygen atoms in total. The third-order valence-electron chi connectivity index (χ3n) is 4.39. The van der Waals surface area contributed by atoms with Crippen molar-refractivity contribution in [1.29, 1.82) is 0 Å². The van der Waals surface area contributed by atoms with E-state index in [2.05, 4.69) is 4.98 Å². The van der Waals surface area contributed by atoms with Crippen LogP contribution < -0.4 is 4.74 Å². The van der Waals surface area contributed by atoms with E-state index in [4.69, 9.17) is 4.74 Å². The number of hydrogen-bond acceptors (Lipinski definition) is 4. The molecule has 0 fully saturated rings. The maximum atomic E-state index is 12.4. The minimum atomic E-state index is -0.222. The highest BCUT2D eigenvalue weighted by Gasteiger charge is 2.32. The normalized spacial score (nSPS) is 13.0. The lowest BCUT2D eigenvalue weighted by Crippen LogP contribution is -2.03. The van der Waals surface area contributed by atoms with Crippen molar-refractivity contribution in [2.45, 2.75) is 6.61 Å². The number of benzene rings is 2. The second-order valence-electron chi connectivity index (χ2n) is 6.07. The van der Waals surface area contributed by atoms with Gasteiger partial charge in [0.2, 0.25) is 0 Å². The number of allylic oxidation sites excluding steroid dienone is 1. The first kappa shape index (κ1) is 16.0. The highest BCUT2D eigenvalue weighted by molar-refractivity contribution is 6.41. The smallest absolute Gasteiger partial charge is 0.197 e. The van der Waals surface area contributed by atoms with Crippen molar-refractivity contribution < 1.29 is 14.3 Å². The van der Waals surface area contributed by atoms with Gasteiger partial charge in [-0.05, 0) is 23.8 Å². The van der Waals surface area contributed by atoms with E-state index in [1.807, 2.05) is 42.1 Å². The summed E-state index contributed by atoms with van der Waals surface area (Å²) in [6.07, 6.45) is 5.22. The number of imidazole rings is 1. The van der Waals surface area contributed by atoms with E-state index in [1.165, 1.54) is 0 Å². The highest BCUT2D eigenvalue weighted by Crippen LogP contribution is 2.28. The molecular weight excluding hydrogens is 328 g/mol. The first-order valence-electron chi connectivity index (χ1n) is 8.22. The van der Waals surface area contributed by atoms with E-state index in [0.29, 0.717) is 23.5 Å². The predicted molar refractivity (Wildman–Crippen MR) is 97.1 cm³/mol. The Labute approximate surface area is 150 Å². The molecule has 128 valence electrons. The number of ether oxygens (including phenoxy) is 1. The maximum Gasteiger partial charge on any atom is 0.197 e. The number of rotatable bonds is 4. The zero-order chi connectivity index (χ0) is 18.1. The molecule has 0 bridgehead atoms. The quantitative estimate of drug-likeness (QED) is 0.537. The Morgan fingerprint density at radius 1 is 1.00 bits per heavy atom.